The molecule has 1 saturated carbocycles. The fourth-order valence-electron chi connectivity index (χ4n) is 2.63. The molecule has 2 rings (SSSR count). The molecule has 1 heterocycles. The van der Waals surface area contributed by atoms with Gasteiger partial charge in [-0.2, -0.15) is 0 Å². The van der Waals surface area contributed by atoms with Crippen molar-refractivity contribution in [1.82, 2.24) is 4.90 Å². The zero-order valence-corrected chi connectivity index (χ0v) is 12.9. The molecule has 1 aromatic heterocycles. The summed E-state index contributed by atoms with van der Waals surface area (Å²) in [6.45, 7) is 0.617. The molecule has 106 valence electrons. The van der Waals surface area contributed by atoms with Crippen LogP contribution in [0.15, 0.2) is 12.1 Å². The summed E-state index contributed by atoms with van der Waals surface area (Å²) in [4.78, 5) is 15.1. The molecule has 5 heteroatoms. The monoisotopic (exact) mass is 300 g/mol. The molecule has 19 heavy (non-hydrogen) atoms. The molecule has 1 aromatic rings. The van der Waals surface area contributed by atoms with Crippen molar-refractivity contribution in [1.29, 1.82) is 0 Å². The van der Waals surface area contributed by atoms with E-state index in [9.17, 15) is 4.79 Å². The Morgan fingerprint density at radius 2 is 2.11 bits per heavy atom. The lowest BCUT2D eigenvalue weighted by atomic mass is 9.80. The Hall–Kier alpha value is -0.580. The van der Waals surface area contributed by atoms with Gasteiger partial charge in [0, 0.05) is 23.9 Å². The predicted molar refractivity (Wildman–Crippen MR) is 80.4 cm³/mol. The van der Waals surface area contributed by atoms with Gasteiger partial charge < -0.3 is 10.6 Å². The number of nitrogens with two attached hydrogens (primary N) is 1. The molecule has 1 fully saturated rings. The molecule has 0 aromatic carbocycles. The number of amides is 1. The topological polar surface area (TPSA) is 46.3 Å². The lowest BCUT2D eigenvalue weighted by Gasteiger charge is -2.34. The minimum atomic E-state index is -0.281. The lowest BCUT2D eigenvalue weighted by molar-refractivity contribution is -0.132. The first-order valence-corrected chi connectivity index (χ1v) is 7.95. The van der Waals surface area contributed by atoms with E-state index in [0.29, 0.717) is 13.0 Å². The van der Waals surface area contributed by atoms with Crippen LogP contribution in [0.1, 0.15) is 43.4 Å². The molecule has 0 saturated heterocycles. The van der Waals surface area contributed by atoms with Gasteiger partial charge in [0.25, 0.3) is 0 Å². The second-order valence-corrected chi connectivity index (χ2v) is 7.36. The molecule has 0 unspecified atom stereocenters. The highest BCUT2D eigenvalue weighted by molar-refractivity contribution is 7.16. The molecule has 0 aliphatic heterocycles. The van der Waals surface area contributed by atoms with Gasteiger partial charge in [-0.15, -0.1) is 11.3 Å². The van der Waals surface area contributed by atoms with Crippen molar-refractivity contribution >= 4 is 28.8 Å². The van der Waals surface area contributed by atoms with E-state index in [4.69, 9.17) is 17.3 Å². The van der Waals surface area contributed by atoms with Crippen molar-refractivity contribution in [2.45, 2.75) is 50.6 Å². The predicted octanol–water partition coefficient (Wildman–Crippen LogP) is 3.41. The molecule has 3 nitrogen and oxygen atoms in total. The Morgan fingerprint density at radius 1 is 1.42 bits per heavy atom. The third-order valence-electron chi connectivity index (χ3n) is 3.80. The first-order chi connectivity index (χ1) is 8.98. The molecule has 0 spiro atoms. The smallest absolute Gasteiger partial charge is 0.224 e. The molecule has 1 aliphatic rings. The van der Waals surface area contributed by atoms with E-state index in [2.05, 4.69) is 0 Å². The van der Waals surface area contributed by atoms with E-state index >= 15 is 0 Å². The zero-order valence-electron chi connectivity index (χ0n) is 11.3. The number of halogens is 1. The molecule has 1 aliphatic carbocycles. The van der Waals surface area contributed by atoms with E-state index < -0.39 is 0 Å². The summed E-state index contributed by atoms with van der Waals surface area (Å²) in [5, 5.41) is 0. The van der Waals surface area contributed by atoms with Gasteiger partial charge in [-0.1, -0.05) is 30.9 Å². The van der Waals surface area contributed by atoms with Crippen LogP contribution in [0.25, 0.3) is 0 Å². The van der Waals surface area contributed by atoms with Gasteiger partial charge in [0.2, 0.25) is 5.91 Å². The van der Waals surface area contributed by atoms with Gasteiger partial charge in [0.05, 0.1) is 10.9 Å². The van der Waals surface area contributed by atoms with Crippen molar-refractivity contribution in [2.24, 2.45) is 5.73 Å². The highest BCUT2D eigenvalue weighted by atomic mass is 35.5. The highest BCUT2D eigenvalue weighted by Crippen LogP contribution is 2.29. The Labute approximate surface area is 123 Å². The van der Waals surface area contributed by atoms with Crippen molar-refractivity contribution in [2.75, 3.05) is 7.05 Å². The number of nitrogens with zero attached hydrogens (tertiary/aromatic N) is 1. The number of hydrogen-bond donors (Lipinski definition) is 1. The SMILES string of the molecule is CN(Cc1ccc(Cl)s1)C(=O)CC1(N)CCCCC1. The van der Waals surface area contributed by atoms with E-state index in [1.165, 1.54) is 17.8 Å². The fourth-order valence-corrected chi connectivity index (χ4v) is 3.77. The zero-order chi connectivity index (χ0) is 13.9. The van der Waals surface area contributed by atoms with Crippen LogP contribution in [0.2, 0.25) is 4.34 Å². The molecule has 0 bridgehead atoms. The van der Waals surface area contributed by atoms with E-state index in [0.717, 1.165) is 34.9 Å². The summed E-state index contributed by atoms with van der Waals surface area (Å²) in [5.41, 5.74) is 6.05. The van der Waals surface area contributed by atoms with Crippen LogP contribution in [-0.2, 0) is 11.3 Å². The summed E-state index contributed by atoms with van der Waals surface area (Å²) < 4.78 is 0.762. The van der Waals surface area contributed by atoms with E-state index in [1.54, 1.807) is 4.90 Å². The van der Waals surface area contributed by atoms with Crippen molar-refractivity contribution in [3.05, 3.63) is 21.3 Å². The lowest BCUT2D eigenvalue weighted by Crippen LogP contribution is -2.46. The Morgan fingerprint density at radius 3 is 2.68 bits per heavy atom. The molecule has 2 N–H and O–H groups in total. The molecule has 1 amide bonds. The molecule has 0 atom stereocenters. The van der Waals surface area contributed by atoms with Gasteiger partial charge in [-0.25, -0.2) is 0 Å². The summed E-state index contributed by atoms with van der Waals surface area (Å²) in [6, 6.07) is 3.83. The van der Waals surface area contributed by atoms with Crippen LogP contribution in [0.4, 0.5) is 0 Å². The standard InChI is InChI=1S/C14H21ClN2OS/c1-17(10-11-5-6-12(15)19-11)13(18)9-14(16)7-3-2-4-8-14/h5-6H,2-4,7-10,16H2,1H3. The highest BCUT2D eigenvalue weighted by Gasteiger charge is 2.31. The first kappa shape index (κ1) is 14.8. The van der Waals surface area contributed by atoms with Gasteiger partial charge in [-0.05, 0) is 25.0 Å². The summed E-state index contributed by atoms with van der Waals surface area (Å²) in [7, 11) is 1.84. The summed E-state index contributed by atoms with van der Waals surface area (Å²) >= 11 is 7.42. The third kappa shape index (κ3) is 4.20. The van der Waals surface area contributed by atoms with Crippen LogP contribution < -0.4 is 5.73 Å². The maximum atomic E-state index is 12.2. The second kappa shape index (κ2) is 6.25. The Balaban J connectivity index is 1.88. The van der Waals surface area contributed by atoms with Gasteiger partial charge in [0.1, 0.15) is 0 Å². The quantitative estimate of drug-likeness (QED) is 0.926. The molecular weight excluding hydrogens is 280 g/mol. The largest absolute Gasteiger partial charge is 0.341 e. The van der Waals surface area contributed by atoms with E-state index in [1.807, 2.05) is 19.2 Å². The Kier molecular flexibility index (Phi) is 4.87. The number of rotatable bonds is 4. The summed E-state index contributed by atoms with van der Waals surface area (Å²) in [5.74, 6) is 0.133. The maximum absolute atomic E-state index is 12.2. The van der Waals surface area contributed by atoms with Crippen LogP contribution in [0.5, 0.6) is 0 Å². The normalized spacial score (nSPS) is 18.3. The second-order valence-electron chi connectivity index (χ2n) is 5.56. The third-order valence-corrected chi connectivity index (χ3v) is 5.02. The maximum Gasteiger partial charge on any atom is 0.224 e. The Bertz CT molecular complexity index is 440. The first-order valence-electron chi connectivity index (χ1n) is 6.76. The van der Waals surface area contributed by atoms with Crippen LogP contribution >= 0.6 is 22.9 Å². The van der Waals surface area contributed by atoms with Crippen molar-refractivity contribution in [3.8, 4) is 0 Å². The minimum Gasteiger partial charge on any atom is -0.341 e. The molecular formula is C14H21ClN2OS. The van der Waals surface area contributed by atoms with Crippen molar-refractivity contribution in [3.63, 3.8) is 0 Å². The van der Waals surface area contributed by atoms with Gasteiger partial charge in [0.15, 0.2) is 0 Å². The number of hydrogen-bond acceptors (Lipinski definition) is 3. The van der Waals surface area contributed by atoms with Crippen LogP contribution in [0, 0.1) is 0 Å². The number of carbonyl (C=O) groups excluding carboxylic acids is 1. The van der Waals surface area contributed by atoms with Crippen molar-refractivity contribution < 1.29 is 4.79 Å². The minimum absolute atomic E-state index is 0.133. The van der Waals surface area contributed by atoms with E-state index in [-0.39, 0.29) is 11.4 Å². The average molecular weight is 301 g/mol. The fraction of sp³-hybridized carbons (Fsp3) is 0.643. The van der Waals surface area contributed by atoms with Crippen LogP contribution in [-0.4, -0.2) is 23.4 Å². The van der Waals surface area contributed by atoms with Gasteiger partial charge in [-0.3, -0.25) is 4.79 Å². The number of thiophene rings is 1. The van der Waals surface area contributed by atoms with Gasteiger partial charge >= 0.3 is 0 Å². The average Bonchev–Trinajstić information content (AvgIpc) is 2.75. The number of carbonyl (C=O) groups is 1. The van der Waals surface area contributed by atoms with Crippen LogP contribution in [0.3, 0.4) is 0 Å². The summed E-state index contributed by atoms with van der Waals surface area (Å²) in [6.07, 6.45) is 5.94. The molecule has 0 radical (unpaired) electrons.